The quantitative estimate of drug-likeness (QED) is 0.621. The number of nitrogens with zero attached hydrogens (tertiary/aromatic N) is 1. The average molecular weight is 164 g/mol. The zero-order chi connectivity index (χ0) is 8.97. The summed E-state index contributed by atoms with van der Waals surface area (Å²) in [6.45, 7) is 3.59. The van der Waals surface area contributed by atoms with Crippen LogP contribution in [0.15, 0.2) is 18.3 Å². The molecule has 0 amide bonds. The van der Waals surface area contributed by atoms with Gasteiger partial charge in [-0.3, -0.25) is 0 Å². The van der Waals surface area contributed by atoms with Gasteiger partial charge in [0.15, 0.2) is 0 Å². The molecule has 0 fully saturated rings. The van der Waals surface area contributed by atoms with Crippen molar-refractivity contribution >= 4 is 5.97 Å². The summed E-state index contributed by atoms with van der Waals surface area (Å²) in [7, 11) is 0. The molecule has 0 unspecified atom stereocenters. The molecule has 0 aliphatic heterocycles. The standard InChI is InChI=1S/C9H10NO2/c1-7(2)12-9(11)8-5-3-4-6-10-8/h4-7H,1-2H3. The summed E-state index contributed by atoms with van der Waals surface area (Å²) in [6, 6.07) is 5.89. The number of carbonyl (C=O) groups excluding carboxylic acids is 1. The molecule has 0 aliphatic carbocycles. The van der Waals surface area contributed by atoms with E-state index in [1.807, 2.05) is 0 Å². The number of ether oxygens (including phenoxy) is 1. The maximum Gasteiger partial charge on any atom is 0.357 e. The second kappa shape index (κ2) is 3.85. The number of hydrogen-bond donors (Lipinski definition) is 0. The first-order valence-corrected chi connectivity index (χ1v) is 3.73. The van der Waals surface area contributed by atoms with E-state index < -0.39 is 5.97 Å². The number of esters is 1. The Hall–Kier alpha value is -1.38. The molecule has 3 heteroatoms. The van der Waals surface area contributed by atoms with E-state index in [0.29, 0.717) is 5.69 Å². The number of hydrogen-bond acceptors (Lipinski definition) is 3. The average Bonchev–Trinajstić information content (AvgIpc) is 2.05. The summed E-state index contributed by atoms with van der Waals surface area (Å²) in [5.74, 6) is -0.401. The predicted octanol–water partition coefficient (Wildman–Crippen LogP) is 1.45. The molecule has 1 radical (unpaired) electrons. The molecule has 3 nitrogen and oxygen atoms in total. The Kier molecular flexibility index (Phi) is 2.80. The summed E-state index contributed by atoms with van der Waals surface area (Å²) in [5.41, 5.74) is 0.297. The third kappa shape index (κ3) is 2.34. The first-order chi connectivity index (χ1) is 5.70. The molecule has 0 N–H and O–H groups in total. The summed E-state index contributed by atoms with van der Waals surface area (Å²) in [4.78, 5) is 15.0. The van der Waals surface area contributed by atoms with Crippen LogP contribution in [0.2, 0.25) is 0 Å². The van der Waals surface area contributed by atoms with E-state index >= 15 is 0 Å². The largest absolute Gasteiger partial charge is 0.458 e. The van der Waals surface area contributed by atoms with E-state index in [1.165, 1.54) is 12.3 Å². The predicted molar refractivity (Wildman–Crippen MR) is 43.6 cm³/mol. The number of carbonyl (C=O) groups is 1. The minimum absolute atomic E-state index is 0.112. The van der Waals surface area contributed by atoms with Crippen LogP contribution in [-0.4, -0.2) is 17.1 Å². The minimum Gasteiger partial charge on any atom is -0.458 e. The van der Waals surface area contributed by atoms with Gasteiger partial charge in [-0.1, -0.05) is 0 Å². The summed E-state index contributed by atoms with van der Waals surface area (Å²) in [6.07, 6.45) is 1.40. The van der Waals surface area contributed by atoms with Crippen LogP contribution in [-0.2, 0) is 4.74 Å². The Morgan fingerprint density at radius 1 is 1.67 bits per heavy atom. The summed E-state index contributed by atoms with van der Waals surface area (Å²) >= 11 is 0. The molecule has 0 saturated carbocycles. The Bertz CT molecular complexity index is 256. The van der Waals surface area contributed by atoms with Gasteiger partial charge >= 0.3 is 5.97 Å². The van der Waals surface area contributed by atoms with Crippen LogP contribution in [0.3, 0.4) is 0 Å². The van der Waals surface area contributed by atoms with E-state index in [9.17, 15) is 4.79 Å². The molecule has 12 heavy (non-hydrogen) atoms. The topological polar surface area (TPSA) is 39.2 Å². The van der Waals surface area contributed by atoms with E-state index in [4.69, 9.17) is 4.74 Å². The van der Waals surface area contributed by atoms with Crippen molar-refractivity contribution in [3.05, 3.63) is 30.1 Å². The normalized spacial score (nSPS) is 9.92. The Morgan fingerprint density at radius 3 is 2.92 bits per heavy atom. The highest BCUT2D eigenvalue weighted by atomic mass is 16.5. The fourth-order valence-electron chi connectivity index (χ4n) is 0.711. The second-order valence-corrected chi connectivity index (χ2v) is 2.60. The van der Waals surface area contributed by atoms with Crippen LogP contribution in [0.25, 0.3) is 0 Å². The molecule has 0 atom stereocenters. The van der Waals surface area contributed by atoms with Crippen molar-refractivity contribution in [2.24, 2.45) is 0 Å². The van der Waals surface area contributed by atoms with E-state index in [2.05, 4.69) is 11.1 Å². The molecule has 63 valence electrons. The SMILES string of the molecule is CC(C)OC(=O)c1c[c]ccn1. The van der Waals surface area contributed by atoms with Gasteiger partial charge in [-0.2, -0.15) is 0 Å². The number of pyridine rings is 1. The lowest BCUT2D eigenvalue weighted by Crippen LogP contribution is -2.12. The van der Waals surface area contributed by atoms with Crippen LogP contribution in [0.1, 0.15) is 24.3 Å². The summed E-state index contributed by atoms with van der Waals surface area (Å²) in [5, 5.41) is 0. The lowest BCUT2D eigenvalue weighted by molar-refractivity contribution is 0.0371. The fraction of sp³-hybridized carbons (Fsp3) is 0.333. The van der Waals surface area contributed by atoms with Gasteiger partial charge in [0.2, 0.25) is 0 Å². The third-order valence-corrected chi connectivity index (χ3v) is 1.16. The van der Waals surface area contributed by atoms with Crippen molar-refractivity contribution in [2.45, 2.75) is 20.0 Å². The van der Waals surface area contributed by atoms with Crippen LogP contribution in [0, 0.1) is 6.07 Å². The molecular formula is C9H10NO2. The van der Waals surface area contributed by atoms with Gasteiger partial charge in [-0.05, 0) is 32.0 Å². The summed E-state index contributed by atoms with van der Waals surface area (Å²) < 4.78 is 4.91. The number of aromatic nitrogens is 1. The van der Waals surface area contributed by atoms with Crippen molar-refractivity contribution in [3.63, 3.8) is 0 Å². The van der Waals surface area contributed by atoms with Gasteiger partial charge < -0.3 is 4.74 Å². The van der Waals surface area contributed by atoms with Gasteiger partial charge in [0.05, 0.1) is 6.10 Å². The molecule has 1 rings (SSSR count). The first-order valence-electron chi connectivity index (χ1n) is 3.73. The van der Waals surface area contributed by atoms with E-state index in [1.54, 1.807) is 19.9 Å². The fourth-order valence-corrected chi connectivity index (χ4v) is 0.711. The molecule has 1 aromatic rings. The molecule has 0 aromatic carbocycles. The highest BCUT2D eigenvalue weighted by Gasteiger charge is 2.08. The highest BCUT2D eigenvalue weighted by molar-refractivity contribution is 5.87. The first kappa shape index (κ1) is 8.71. The molecule has 0 spiro atoms. The van der Waals surface area contributed by atoms with Crippen LogP contribution in [0.4, 0.5) is 0 Å². The van der Waals surface area contributed by atoms with Crippen LogP contribution < -0.4 is 0 Å². The minimum atomic E-state index is -0.401. The molecule has 0 bridgehead atoms. The smallest absolute Gasteiger partial charge is 0.357 e. The van der Waals surface area contributed by atoms with Crippen molar-refractivity contribution in [2.75, 3.05) is 0 Å². The maximum atomic E-state index is 11.2. The Labute approximate surface area is 71.4 Å². The number of rotatable bonds is 2. The molecule has 1 heterocycles. The Balaban J connectivity index is 2.66. The molecular weight excluding hydrogens is 154 g/mol. The zero-order valence-electron chi connectivity index (χ0n) is 7.07. The van der Waals surface area contributed by atoms with Gasteiger partial charge in [0.1, 0.15) is 5.69 Å². The van der Waals surface area contributed by atoms with Crippen molar-refractivity contribution in [1.29, 1.82) is 0 Å². The van der Waals surface area contributed by atoms with Crippen molar-refractivity contribution < 1.29 is 9.53 Å². The van der Waals surface area contributed by atoms with Crippen molar-refractivity contribution in [1.82, 2.24) is 4.98 Å². The van der Waals surface area contributed by atoms with Gasteiger partial charge in [0.25, 0.3) is 0 Å². The zero-order valence-corrected chi connectivity index (χ0v) is 7.07. The van der Waals surface area contributed by atoms with E-state index in [-0.39, 0.29) is 6.10 Å². The van der Waals surface area contributed by atoms with E-state index in [0.717, 1.165) is 0 Å². The third-order valence-electron chi connectivity index (χ3n) is 1.16. The highest BCUT2D eigenvalue weighted by Crippen LogP contribution is 1.98. The Morgan fingerprint density at radius 2 is 2.42 bits per heavy atom. The van der Waals surface area contributed by atoms with Gasteiger partial charge in [-0.15, -0.1) is 0 Å². The van der Waals surface area contributed by atoms with Gasteiger partial charge in [0, 0.05) is 6.20 Å². The monoisotopic (exact) mass is 164 g/mol. The molecule has 0 saturated heterocycles. The second-order valence-electron chi connectivity index (χ2n) is 2.60. The van der Waals surface area contributed by atoms with Gasteiger partial charge in [-0.25, -0.2) is 9.78 Å². The lowest BCUT2D eigenvalue weighted by Gasteiger charge is -2.05. The lowest BCUT2D eigenvalue weighted by atomic mass is 10.3. The maximum absolute atomic E-state index is 11.2. The van der Waals surface area contributed by atoms with Crippen LogP contribution >= 0.6 is 0 Å². The van der Waals surface area contributed by atoms with Crippen molar-refractivity contribution in [3.8, 4) is 0 Å². The molecule has 0 aliphatic rings. The van der Waals surface area contributed by atoms with Crippen LogP contribution in [0.5, 0.6) is 0 Å². The molecule has 1 aromatic heterocycles.